The van der Waals surface area contributed by atoms with Gasteiger partial charge in [0.15, 0.2) is 0 Å². The van der Waals surface area contributed by atoms with Crippen LogP contribution in [0.15, 0.2) is 22.7 Å². The molecule has 84 valence electrons. The summed E-state index contributed by atoms with van der Waals surface area (Å²) in [5.74, 6) is 0.518. The first-order valence-corrected chi connectivity index (χ1v) is 5.29. The highest BCUT2D eigenvalue weighted by molar-refractivity contribution is 9.10. The Morgan fingerprint density at radius 2 is 2.13 bits per heavy atom. The van der Waals surface area contributed by atoms with Crippen LogP contribution in [-0.4, -0.2) is 30.0 Å². The van der Waals surface area contributed by atoms with Crippen molar-refractivity contribution in [1.82, 2.24) is 0 Å². The van der Waals surface area contributed by atoms with E-state index in [0.29, 0.717) is 11.3 Å². The zero-order chi connectivity index (χ0) is 11.4. The number of nitrogens with two attached hydrogens (primary N) is 1. The van der Waals surface area contributed by atoms with E-state index in [1.807, 2.05) is 0 Å². The van der Waals surface area contributed by atoms with Gasteiger partial charge in [-0.1, -0.05) is 22.0 Å². The molecule has 0 saturated carbocycles. The molecule has 0 saturated heterocycles. The van der Waals surface area contributed by atoms with Gasteiger partial charge in [-0.15, -0.1) is 0 Å². The highest BCUT2D eigenvalue weighted by Gasteiger charge is 2.20. The number of hydrogen-bond donors (Lipinski definition) is 3. The van der Waals surface area contributed by atoms with Gasteiger partial charge in [0, 0.05) is 16.6 Å². The van der Waals surface area contributed by atoms with E-state index in [1.54, 1.807) is 18.2 Å². The molecule has 2 unspecified atom stereocenters. The number of rotatable bonds is 4. The fourth-order valence-corrected chi connectivity index (χ4v) is 1.61. The van der Waals surface area contributed by atoms with Gasteiger partial charge >= 0.3 is 0 Å². The molecule has 1 rings (SSSR count). The van der Waals surface area contributed by atoms with Gasteiger partial charge in [0.2, 0.25) is 0 Å². The van der Waals surface area contributed by atoms with Crippen LogP contribution in [0.25, 0.3) is 0 Å². The molecular weight excluding hydrogens is 262 g/mol. The van der Waals surface area contributed by atoms with E-state index in [-0.39, 0.29) is 6.54 Å². The van der Waals surface area contributed by atoms with E-state index in [0.717, 1.165) is 4.47 Å². The molecule has 0 aliphatic heterocycles. The van der Waals surface area contributed by atoms with E-state index in [4.69, 9.17) is 10.5 Å². The zero-order valence-corrected chi connectivity index (χ0v) is 9.94. The Morgan fingerprint density at radius 1 is 1.47 bits per heavy atom. The van der Waals surface area contributed by atoms with Gasteiger partial charge in [-0.2, -0.15) is 0 Å². The molecule has 1 aromatic rings. The minimum atomic E-state index is -1.03. The number of ether oxygens (including phenoxy) is 1. The molecule has 0 aromatic heterocycles. The maximum absolute atomic E-state index is 9.77. The summed E-state index contributed by atoms with van der Waals surface area (Å²) < 4.78 is 5.94. The third-order valence-corrected chi connectivity index (χ3v) is 2.61. The average Bonchev–Trinajstić information content (AvgIpc) is 2.26. The molecule has 0 bridgehead atoms. The van der Waals surface area contributed by atoms with Crippen LogP contribution in [0.5, 0.6) is 5.75 Å². The summed E-state index contributed by atoms with van der Waals surface area (Å²) in [5, 5.41) is 19.2. The van der Waals surface area contributed by atoms with Crippen LogP contribution in [0.2, 0.25) is 0 Å². The van der Waals surface area contributed by atoms with Crippen LogP contribution in [0, 0.1) is 0 Å². The first kappa shape index (κ1) is 12.4. The van der Waals surface area contributed by atoms with Gasteiger partial charge in [0.1, 0.15) is 11.9 Å². The predicted octanol–water partition coefficient (Wildman–Crippen LogP) is 0.811. The number of benzene rings is 1. The van der Waals surface area contributed by atoms with Crippen LogP contribution in [0.1, 0.15) is 11.7 Å². The Kier molecular flexibility index (Phi) is 4.53. The van der Waals surface area contributed by atoms with Crippen molar-refractivity contribution in [2.75, 3.05) is 13.7 Å². The summed E-state index contributed by atoms with van der Waals surface area (Å²) in [6.45, 7) is 0.000382. The van der Waals surface area contributed by atoms with E-state index in [2.05, 4.69) is 15.9 Å². The molecule has 1 aromatic carbocycles. The first-order valence-electron chi connectivity index (χ1n) is 4.49. The van der Waals surface area contributed by atoms with Gasteiger partial charge in [0.05, 0.1) is 13.2 Å². The van der Waals surface area contributed by atoms with Crippen molar-refractivity contribution in [1.29, 1.82) is 0 Å². The number of hydrogen-bond acceptors (Lipinski definition) is 4. The third kappa shape index (κ3) is 2.92. The molecule has 0 amide bonds. The minimum Gasteiger partial charge on any atom is -0.496 e. The second-order valence-electron chi connectivity index (χ2n) is 3.13. The Labute approximate surface area is 96.8 Å². The van der Waals surface area contributed by atoms with Gasteiger partial charge in [-0.25, -0.2) is 0 Å². The number of aliphatic hydroxyl groups is 2. The molecule has 0 aliphatic carbocycles. The first-order chi connectivity index (χ1) is 7.10. The lowest BCUT2D eigenvalue weighted by molar-refractivity contribution is 0.0229. The Morgan fingerprint density at radius 3 is 2.67 bits per heavy atom. The highest BCUT2D eigenvalue weighted by atomic mass is 79.9. The summed E-state index contributed by atoms with van der Waals surface area (Å²) in [5.41, 5.74) is 5.80. The standard InChI is InChI=1S/C10H14BrNO3/c1-15-9-4-6(11)2-3-7(9)10(14)8(13)5-12/h2-4,8,10,13-14H,5,12H2,1H3. The van der Waals surface area contributed by atoms with Crippen LogP contribution in [-0.2, 0) is 0 Å². The number of halogens is 1. The van der Waals surface area contributed by atoms with Gasteiger partial charge in [0.25, 0.3) is 0 Å². The van der Waals surface area contributed by atoms with Crippen LogP contribution < -0.4 is 10.5 Å². The van der Waals surface area contributed by atoms with E-state index in [1.165, 1.54) is 7.11 Å². The molecule has 0 fully saturated rings. The fourth-order valence-electron chi connectivity index (χ4n) is 1.27. The maximum atomic E-state index is 9.77. The monoisotopic (exact) mass is 275 g/mol. The van der Waals surface area contributed by atoms with E-state index >= 15 is 0 Å². The summed E-state index contributed by atoms with van der Waals surface area (Å²) >= 11 is 3.29. The molecule has 5 heteroatoms. The molecule has 0 radical (unpaired) electrons. The van der Waals surface area contributed by atoms with Crippen molar-refractivity contribution in [3.63, 3.8) is 0 Å². The van der Waals surface area contributed by atoms with Gasteiger partial charge in [-0.3, -0.25) is 0 Å². The average molecular weight is 276 g/mol. The highest BCUT2D eigenvalue weighted by Crippen LogP contribution is 2.29. The molecular formula is C10H14BrNO3. The lowest BCUT2D eigenvalue weighted by Gasteiger charge is -2.19. The van der Waals surface area contributed by atoms with Crippen molar-refractivity contribution in [2.24, 2.45) is 5.73 Å². The summed E-state index contributed by atoms with van der Waals surface area (Å²) in [6.07, 6.45) is -2.02. The zero-order valence-electron chi connectivity index (χ0n) is 8.35. The van der Waals surface area contributed by atoms with Crippen LogP contribution >= 0.6 is 15.9 Å². The Bertz CT molecular complexity index is 332. The number of aliphatic hydroxyl groups excluding tert-OH is 2. The lowest BCUT2D eigenvalue weighted by Crippen LogP contribution is -2.27. The van der Waals surface area contributed by atoms with Crippen molar-refractivity contribution < 1.29 is 14.9 Å². The van der Waals surface area contributed by atoms with Crippen molar-refractivity contribution in [2.45, 2.75) is 12.2 Å². The molecule has 4 N–H and O–H groups in total. The van der Waals surface area contributed by atoms with E-state index in [9.17, 15) is 10.2 Å². The molecule has 15 heavy (non-hydrogen) atoms. The second-order valence-corrected chi connectivity index (χ2v) is 4.05. The van der Waals surface area contributed by atoms with E-state index < -0.39 is 12.2 Å². The molecule has 0 spiro atoms. The summed E-state index contributed by atoms with van der Waals surface area (Å²) in [4.78, 5) is 0. The van der Waals surface area contributed by atoms with Crippen LogP contribution in [0.3, 0.4) is 0 Å². The Balaban J connectivity index is 3.02. The molecule has 4 nitrogen and oxygen atoms in total. The van der Waals surface area contributed by atoms with Crippen molar-refractivity contribution >= 4 is 15.9 Å². The smallest absolute Gasteiger partial charge is 0.125 e. The number of methoxy groups -OCH3 is 1. The lowest BCUT2D eigenvalue weighted by atomic mass is 10.0. The van der Waals surface area contributed by atoms with Gasteiger partial charge < -0.3 is 20.7 Å². The minimum absolute atomic E-state index is 0.000382. The summed E-state index contributed by atoms with van der Waals surface area (Å²) in [6, 6.07) is 5.18. The topological polar surface area (TPSA) is 75.7 Å². The maximum Gasteiger partial charge on any atom is 0.125 e. The normalized spacial score (nSPS) is 14.7. The summed E-state index contributed by atoms with van der Waals surface area (Å²) in [7, 11) is 1.51. The molecule has 0 heterocycles. The van der Waals surface area contributed by atoms with Crippen molar-refractivity contribution in [3.05, 3.63) is 28.2 Å². The SMILES string of the molecule is COc1cc(Br)ccc1C(O)C(O)CN. The third-order valence-electron chi connectivity index (χ3n) is 2.12. The van der Waals surface area contributed by atoms with Gasteiger partial charge in [-0.05, 0) is 12.1 Å². The Hall–Kier alpha value is -0.620. The fraction of sp³-hybridized carbons (Fsp3) is 0.400. The largest absolute Gasteiger partial charge is 0.496 e. The molecule has 2 atom stereocenters. The predicted molar refractivity (Wildman–Crippen MR) is 60.7 cm³/mol. The quantitative estimate of drug-likeness (QED) is 0.760. The van der Waals surface area contributed by atoms with Crippen LogP contribution in [0.4, 0.5) is 0 Å². The molecule has 0 aliphatic rings. The second kappa shape index (κ2) is 5.46. The van der Waals surface area contributed by atoms with Crippen molar-refractivity contribution in [3.8, 4) is 5.75 Å².